The molecule has 2 N–H and O–H groups in total. The second-order valence-electron chi connectivity index (χ2n) is 2.37. The minimum atomic E-state index is -3.79. The molecule has 1 aromatic rings. The quantitative estimate of drug-likeness (QED) is 0.751. The lowest BCUT2D eigenvalue weighted by molar-refractivity contribution is 0.565. The molecule has 0 bridgehead atoms. The molecule has 0 aliphatic heterocycles. The van der Waals surface area contributed by atoms with E-state index in [4.69, 9.17) is 16.7 Å². The van der Waals surface area contributed by atoms with Crippen molar-refractivity contribution in [2.75, 3.05) is 0 Å². The maximum absolute atomic E-state index is 12.9. The summed E-state index contributed by atoms with van der Waals surface area (Å²) in [4.78, 5) is 3.25. The number of hydrogen-bond donors (Lipinski definition) is 1. The van der Waals surface area contributed by atoms with E-state index >= 15 is 0 Å². The molecule has 0 aromatic carbocycles. The van der Waals surface area contributed by atoms with Gasteiger partial charge in [-0.05, 0) is 6.07 Å². The highest BCUT2D eigenvalue weighted by Crippen LogP contribution is 2.18. The van der Waals surface area contributed by atoms with Gasteiger partial charge in [-0.2, -0.15) is 4.39 Å². The van der Waals surface area contributed by atoms with Crippen LogP contribution in [0.1, 0.15) is 5.56 Å². The van der Waals surface area contributed by atoms with Crippen molar-refractivity contribution in [3.63, 3.8) is 0 Å². The minimum absolute atomic E-state index is 0.00141. The molecular weight excluding hydrogens is 219 g/mol. The van der Waals surface area contributed by atoms with Crippen LogP contribution in [0.3, 0.4) is 0 Å². The molecule has 1 heterocycles. The summed E-state index contributed by atoms with van der Waals surface area (Å²) in [6, 6.07) is 1.30. The highest BCUT2D eigenvalue weighted by atomic mass is 35.5. The van der Waals surface area contributed by atoms with E-state index in [1.807, 2.05) is 0 Å². The lowest BCUT2D eigenvalue weighted by Crippen LogP contribution is -2.16. The molecule has 0 radical (unpaired) electrons. The first kappa shape index (κ1) is 10.4. The molecule has 0 fully saturated rings. The second kappa shape index (κ2) is 3.57. The van der Waals surface area contributed by atoms with E-state index in [1.54, 1.807) is 0 Å². The molecule has 0 atom stereocenters. The molecule has 0 saturated carbocycles. The van der Waals surface area contributed by atoms with Gasteiger partial charge in [-0.15, -0.1) is 0 Å². The zero-order chi connectivity index (χ0) is 10.1. The lowest BCUT2D eigenvalue weighted by atomic mass is 10.3. The molecule has 1 rings (SSSR count). The summed E-state index contributed by atoms with van der Waals surface area (Å²) in [5.74, 6) is -1.56. The largest absolute Gasteiger partial charge is 0.228 e. The van der Waals surface area contributed by atoms with E-state index in [2.05, 4.69) is 4.98 Å². The number of sulfonamides is 1. The van der Waals surface area contributed by atoms with E-state index in [9.17, 15) is 12.8 Å². The Morgan fingerprint density at radius 1 is 1.62 bits per heavy atom. The van der Waals surface area contributed by atoms with E-state index in [1.165, 1.54) is 6.07 Å². The molecule has 0 aliphatic carbocycles. The van der Waals surface area contributed by atoms with E-state index in [0.29, 0.717) is 0 Å². The molecule has 0 saturated heterocycles. The number of rotatable bonds is 2. The molecule has 7 heteroatoms. The van der Waals surface area contributed by atoms with Crippen molar-refractivity contribution in [3.8, 4) is 0 Å². The van der Waals surface area contributed by atoms with Gasteiger partial charge in [-0.1, -0.05) is 11.6 Å². The first-order valence-electron chi connectivity index (χ1n) is 3.19. The van der Waals surface area contributed by atoms with Crippen molar-refractivity contribution in [2.45, 2.75) is 5.75 Å². The van der Waals surface area contributed by atoms with Crippen LogP contribution >= 0.6 is 11.6 Å². The van der Waals surface area contributed by atoms with Gasteiger partial charge in [0.1, 0.15) is 0 Å². The highest BCUT2D eigenvalue weighted by Gasteiger charge is 2.14. The molecule has 0 spiro atoms. The number of primary sulfonamides is 1. The number of aromatic nitrogens is 1. The van der Waals surface area contributed by atoms with Crippen molar-refractivity contribution < 1.29 is 12.8 Å². The zero-order valence-corrected chi connectivity index (χ0v) is 7.94. The van der Waals surface area contributed by atoms with Crippen LogP contribution in [0.4, 0.5) is 4.39 Å². The van der Waals surface area contributed by atoms with Gasteiger partial charge in [0.15, 0.2) is 0 Å². The van der Waals surface area contributed by atoms with Crippen LogP contribution in [0.5, 0.6) is 0 Å². The fraction of sp³-hybridized carbons (Fsp3) is 0.167. The molecule has 72 valence electrons. The topological polar surface area (TPSA) is 73.1 Å². The maximum atomic E-state index is 12.9. The Bertz CT molecular complexity index is 400. The maximum Gasteiger partial charge on any atom is 0.218 e. The summed E-state index contributed by atoms with van der Waals surface area (Å²) >= 11 is 5.54. The Morgan fingerprint density at radius 2 is 2.23 bits per heavy atom. The number of hydrogen-bond acceptors (Lipinski definition) is 3. The molecular formula is C6H6ClFN2O2S. The molecule has 0 amide bonds. The number of nitrogens with two attached hydrogens (primary N) is 1. The third-order valence-corrected chi connectivity index (χ3v) is 2.34. The first-order chi connectivity index (χ1) is 5.90. The second-order valence-corrected chi connectivity index (χ2v) is 4.39. The Hall–Kier alpha value is -0.720. The highest BCUT2D eigenvalue weighted by molar-refractivity contribution is 7.88. The van der Waals surface area contributed by atoms with Crippen molar-refractivity contribution in [2.24, 2.45) is 5.14 Å². The first-order valence-corrected chi connectivity index (χ1v) is 5.29. The molecule has 4 nitrogen and oxygen atoms in total. The number of nitrogens with zero attached hydrogens (tertiary/aromatic N) is 1. The lowest BCUT2D eigenvalue weighted by Gasteiger charge is -2.02. The number of halogens is 2. The van der Waals surface area contributed by atoms with Crippen molar-refractivity contribution in [1.29, 1.82) is 0 Å². The van der Waals surface area contributed by atoms with Crippen molar-refractivity contribution in [1.82, 2.24) is 4.98 Å². The summed E-state index contributed by atoms with van der Waals surface area (Å²) in [7, 11) is -3.79. The van der Waals surface area contributed by atoms with Gasteiger partial charge in [0.25, 0.3) is 0 Å². The van der Waals surface area contributed by atoms with Gasteiger partial charge in [-0.3, -0.25) is 0 Å². The third-order valence-electron chi connectivity index (χ3n) is 1.29. The van der Waals surface area contributed by atoms with Gasteiger partial charge in [0, 0.05) is 11.8 Å². The molecule has 0 aliphatic rings. The van der Waals surface area contributed by atoms with Gasteiger partial charge in [-0.25, -0.2) is 18.5 Å². The van der Waals surface area contributed by atoms with Gasteiger partial charge in [0.2, 0.25) is 16.0 Å². The smallest absolute Gasteiger partial charge is 0.218 e. The van der Waals surface area contributed by atoms with Crippen LogP contribution in [-0.4, -0.2) is 13.4 Å². The predicted molar refractivity (Wildman–Crippen MR) is 46.0 cm³/mol. The summed E-state index contributed by atoms with van der Waals surface area (Å²) in [5.41, 5.74) is -0.202. The van der Waals surface area contributed by atoms with E-state index < -0.39 is 21.7 Å². The summed E-state index contributed by atoms with van der Waals surface area (Å²) in [5, 5.41) is 4.73. The van der Waals surface area contributed by atoms with E-state index in [0.717, 1.165) is 6.20 Å². The van der Waals surface area contributed by atoms with Gasteiger partial charge in [0.05, 0.1) is 10.8 Å². The third kappa shape index (κ3) is 2.91. The fourth-order valence-corrected chi connectivity index (χ4v) is 1.73. The van der Waals surface area contributed by atoms with Crippen LogP contribution in [-0.2, 0) is 15.8 Å². The number of pyridine rings is 1. The Labute approximate surface area is 79.6 Å². The summed E-state index contributed by atoms with van der Waals surface area (Å²) < 4.78 is 34.1. The zero-order valence-electron chi connectivity index (χ0n) is 6.37. The molecule has 13 heavy (non-hydrogen) atoms. The van der Waals surface area contributed by atoms with E-state index in [-0.39, 0.29) is 10.6 Å². The van der Waals surface area contributed by atoms with Gasteiger partial charge < -0.3 is 0 Å². The minimum Gasteiger partial charge on any atom is -0.228 e. The SMILES string of the molecule is NS(=O)(=O)Cc1c(Cl)ccnc1F. The normalized spacial score (nSPS) is 11.6. The molecule has 0 unspecified atom stereocenters. The van der Waals surface area contributed by atoms with Crippen LogP contribution in [0.15, 0.2) is 12.3 Å². The van der Waals surface area contributed by atoms with Crippen LogP contribution in [0.25, 0.3) is 0 Å². The van der Waals surface area contributed by atoms with Gasteiger partial charge >= 0.3 is 0 Å². The standard InChI is InChI=1S/C6H6ClFN2O2S/c7-5-1-2-10-6(8)4(5)3-13(9,11)12/h1-2H,3H2,(H2,9,11,12). The van der Waals surface area contributed by atoms with Crippen LogP contribution < -0.4 is 5.14 Å². The van der Waals surface area contributed by atoms with Crippen LogP contribution in [0, 0.1) is 5.95 Å². The van der Waals surface area contributed by atoms with Crippen LogP contribution in [0.2, 0.25) is 5.02 Å². The average Bonchev–Trinajstić information content (AvgIpc) is 1.95. The monoisotopic (exact) mass is 224 g/mol. The summed E-state index contributed by atoms with van der Waals surface area (Å²) in [6.45, 7) is 0. The predicted octanol–water partition coefficient (Wildman–Crippen LogP) is 0.663. The summed E-state index contributed by atoms with van der Waals surface area (Å²) in [6.07, 6.45) is 1.14. The Balaban J connectivity index is 3.15. The molecule has 1 aromatic heterocycles. The Morgan fingerprint density at radius 3 is 2.69 bits per heavy atom. The fourth-order valence-electron chi connectivity index (χ4n) is 0.775. The van der Waals surface area contributed by atoms with Crippen molar-refractivity contribution in [3.05, 3.63) is 28.8 Å². The Kier molecular flexibility index (Phi) is 2.84. The average molecular weight is 225 g/mol. The van der Waals surface area contributed by atoms with Crippen molar-refractivity contribution >= 4 is 21.6 Å².